The molecule has 0 atom stereocenters. The minimum Gasteiger partial charge on any atom is -0.465 e. The zero-order chi connectivity index (χ0) is 12.3. The van der Waals surface area contributed by atoms with Crippen LogP contribution in [-0.2, 0) is 11.3 Å². The Morgan fingerprint density at radius 3 is 2.53 bits per heavy atom. The van der Waals surface area contributed by atoms with Crippen molar-refractivity contribution in [2.24, 2.45) is 5.41 Å². The zero-order valence-electron chi connectivity index (χ0n) is 10.5. The quantitative estimate of drug-likeness (QED) is 0.793. The van der Waals surface area contributed by atoms with Gasteiger partial charge in [-0.2, -0.15) is 0 Å². The molecular formula is C14H19NO2. The minimum atomic E-state index is -0.282. The Labute approximate surface area is 102 Å². The molecule has 3 nitrogen and oxygen atoms in total. The Bertz CT molecular complexity index is 393. The van der Waals surface area contributed by atoms with E-state index in [1.165, 1.54) is 25.5 Å². The summed E-state index contributed by atoms with van der Waals surface area (Å²) in [6.45, 7) is 4.24. The maximum atomic E-state index is 11.2. The molecule has 0 unspecified atom stereocenters. The van der Waals surface area contributed by atoms with E-state index >= 15 is 0 Å². The molecule has 17 heavy (non-hydrogen) atoms. The first-order valence-corrected chi connectivity index (χ1v) is 6.01. The highest BCUT2D eigenvalue weighted by Gasteiger charge is 2.36. The van der Waals surface area contributed by atoms with Crippen LogP contribution in [0.5, 0.6) is 0 Å². The van der Waals surface area contributed by atoms with Crippen LogP contribution in [0, 0.1) is 5.41 Å². The van der Waals surface area contributed by atoms with Crippen molar-refractivity contribution in [2.75, 3.05) is 13.7 Å². The number of carbonyl (C=O) groups is 1. The molecule has 92 valence electrons. The zero-order valence-corrected chi connectivity index (χ0v) is 10.5. The highest BCUT2D eigenvalue weighted by atomic mass is 16.5. The third-order valence-corrected chi connectivity index (χ3v) is 3.36. The molecular weight excluding hydrogens is 214 g/mol. The van der Waals surface area contributed by atoms with Gasteiger partial charge in [0.15, 0.2) is 0 Å². The fourth-order valence-corrected chi connectivity index (χ4v) is 1.78. The van der Waals surface area contributed by atoms with Gasteiger partial charge in [0.05, 0.1) is 12.7 Å². The van der Waals surface area contributed by atoms with Crippen LogP contribution in [0.15, 0.2) is 24.3 Å². The van der Waals surface area contributed by atoms with Crippen molar-refractivity contribution in [1.82, 2.24) is 5.32 Å². The molecule has 0 radical (unpaired) electrons. The van der Waals surface area contributed by atoms with Gasteiger partial charge in [0.1, 0.15) is 0 Å². The van der Waals surface area contributed by atoms with Gasteiger partial charge < -0.3 is 10.1 Å². The molecule has 1 aromatic rings. The highest BCUT2D eigenvalue weighted by Crippen LogP contribution is 2.44. The van der Waals surface area contributed by atoms with Crippen molar-refractivity contribution in [1.29, 1.82) is 0 Å². The molecule has 0 heterocycles. The molecule has 3 heteroatoms. The van der Waals surface area contributed by atoms with Crippen LogP contribution < -0.4 is 5.32 Å². The van der Waals surface area contributed by atoms with Gasteiger partial charge in [-0.3, -0.25) is 0 Å². The van der Waals surface area contributed by atoms with Gasteiger partial charge >= 0.3 is 5.97 Å². The maximum absolute atomic E-state index is 11.2. The van der Waals surface area contributed by atoms with Gasteiger partial charge in [-0.05, 0) is 36.0 Å². The summed E-state index contributed by atoms with van der Waals surface area (Å²) < 4.78 is 4.66. The molecule has 0 spiro atoms. The van der Waals surface area contributed by atoms with Crippen molar-refractivity contribution in [3.8, 4) is 0 Å². The minimum absolute atomic E-state index is 0.282. The summed E-state index contributed by atoms with van der Waals surface area (Å²) in [4.78, 5) is 11.2. The van der Waals surface area contributed by atoms with Crippen molar-refractivity contribution in [3.05, 3.63) is 35.4 Å². The van der Waals surface area contributed by atoms with Crippen LogP contribution in [0.4, 0.5) is 0 Å². The molecule has 1 fully saturated rings. The SMILES string of the molecule is COC(=O)c1ccc(CNCC2(C)CC2)cc1. The molecule has 0 aliphatic heterocycles. The number of esters is 1. The summed E-state index contributed by atoms with van der Waals surface area (Å²) in [5.41, 5.74) is 2.33. The van der Waals surface area contributed by atoms with Crippen molar-refractivity contribution < 1.29 is 9.53 Å². The van der Waals surface area contributed by atoms with E-state index in [1.807, 2.05) is 24.3 Å². The van der Waals surface area contributed by atoms with Gasteiger partial charge in [0, 0.05) is 13.1 Å². The summed E-state index contributed by atoms with van der Waals surface area (Å²) in [7, 11) is 1.40. The fraction of sp³-hybridized carbons (Fsp3) is 0.500. The van der Waals surface area contributed by atoms with E-state index in [0.29, 0.717) is 11.0 Å². The molecule has 2 rings (SSSR count). The van der Waals surface area contributed by atoms with E-state index in [0.717, 1.165) is 13.1 Å². The predicted octanol–water partition coefficient (Wildman–Crippen LogP) is 2.36. The first kappa shape index (κ1) is 12.1. The predicted molar refractivity (Wildman–Crippen MR) is 66.8 cm³/mol. The largest absolute Gasteiger partial charge is 0.465 e. The number of benzene rings is 1. The second kappa shape index (κ2) is 4.88. The number of hydrogen-bond acceptors (Lipinski definition) is 3. The van der Waals surface area contributed by atoms with Gasteiger partial charge in [-0.1, -0.05) is 19.1 Å². The molecule has 1 aromatic carbocycles. The molecule has 1 aliphatic rings. The van der Waals surface area contributed by atoms with E-state index < -0.39 is 0 Å². The molecule has 0 saturated heterocycles. The first-order chi connectivity index (χ1) is 8.13. The highest BCUT2D eigenvalue weighted by molar-refractivity contribution is 5.89. The number of rotatable bonds is 5. The molecule has 0 amide bonds. The Balaban J connectivity index is 1.83. The van der Waals surface area contributed by atoms with Crippen LogP contribution in [0.3, 0.4) is 0 Å². The number of ether oxygens (including phenoxy) is 1. The number of nitrogens with one attached hydrogen (secondary N) is 1. The van der Waals surface area contributed by atoms with Crippen molar-refractivity contribution >= 4 is 5.97 Å². The smallest absolute Gasteiger partial charge is 0.337 e. The molecule has 0 aromatic heterocycles. The van der Waals surface area contributed by atoms with E-state index in [2.05, 4.69) is 17.0 Å². The monoisotopic (exact) mass is 233 g/mol. The lowest BCUT2D eigenvalue weighted by molar-refractivity contribution is 0.0600. The van der Waals surface area contributed by atoms with E-state index in [-0.39, 0.29) is 5.97 Å². The Morgan fingerprint density at radius 2 is 2.00 bits per heavy atom. The van der Waals surface area contributed by atoms with Crippen LogP contribution in [0.25, 0.3) is 0 Å². The molecule has 1 saturated carbocycles. The van der Waals surface area contributed by atoms with Crippen molar-refractivity contribution in [3.63, 3.8) is 0 Å². The van der Waals surface area contributed by atoms with Gasteiger partial charge in [0.25, 0.3) is 0 Å². The Kier molecular flexibility index (Phi) is 3.48. The topological polar surface area (TPSA) is 38.3 Å². The Hall–Kier alpha value is -1.35. The molecule has 1 aliphatic carbocycles. The van der Waals surface area contributed by atoms with Crippen LogP contribution in [-0.4, -0.2) is 19.6 Å². The Morgan fingerprint density at radius 1 is 1.35 bits per heavy atom. The molecule has 0 bridgehead atoms. The summed E-state index contributed by atoms with van der Waals surface area (Å²) in [6, 6.07) is 7.55. The van der Waals surface area contributed by atoms with Gasteiger partial charge in [-0.15, -0.1) is 0 Å². The van der Waals surface area contributed by atoms with Gasteiger partial charge in [-0.25, -0.2) is 4.79 Å². The summed E-state index contributed by atoms with van der Waals surface area (Å²) in [6.07, 6.45) is 2.67. The van der Waals surface area contributed by atoms with Crippen LogP contribution in [0.1, 0.15) is 35.7 Å². The summed E-state index contributed by atoms with van der Waals surface area (Å²) >= 11 is 0. The average molecular weight is 233 g/mol. The lowest BCUT2D eigenvalue weighted by atomic mass is 10.1. The second-order valence-corrected chi connectivity index (χ2v) is 5.10. The third kappa shape index (κ3) is 3.30. The normalized spacial score (nSPS) is 16.6. The number of methoxy groups -OCH3 is 1. The van der Waals surface area contributed by atoms with Crippen molar-refractivity contribution in [2.45, 2.75) is 26.3 Å². The fourth-order valence-electron chi connectivity index (χ4n) is 1.78. The standard InChI is InChI=1S/C14H19NO2/c1-14(7-8-14)10-15-9-11-3-5-12(6-4-11)13(16)17-2/h3-6,15H,7-10H2,1-2H3. The number of hydrogen-bond donors (Lipinski definition) is 1. The van der Waals surface area contributed by atoms with E-state index in [9.17, 15) is 4.79 Å². The van der Waals surface area contributed by atoms with E-state index in [1.54, 1.807) is 0 Å². The second-order valence-electron chi connectivity index (χ2n) is 5.10. The lowest BCUT2D eigenvalue weighted by Crippen LogP contribution is -2.21. The van der Waals surface area contributed by atoms with E-state index in [4.69, 9.17) is 0 Å². The van der Waals surface area contributed by atoms with Crippen LogP contribution >= 0.6 is 0 Å². The maximum Gasteiger partial charge on any atom is 0.337 e. The third-order valence-electron chi connectivity index (χ3n) is 3.36. The number of carbonyl (C=O) groups excluding carboxylic acids is 1. The summed E-state index contributed by atoms with van der Waals surface area (Å²) in [5.74, 6) is -0.282. The van der Waals surface area contributed by atoms with Crippen LogP contribution in [0.2, 0.25) is 0 Å². The lowest BCUT2D eigenvalue weighted by Gasteiger charge is -2.10. The molecule has 1 N–H and O–H groups in total. The first-order valence-electron chi connectivity index (χ1n) is 6.01. The van der Waals surface area contributed by atoms with Gasteiger partial charge in [0.2, 0.25) is 0 Å². The summed E-state index contributed by atoms with van der Waals surface area (Å²) in [5, 5.41) is 3.45. The average Bonchev–Trinajstić information content (AvgIpc) is 3.07.